The van der Waals surface area contributed by atoms with E-state index in [2.05, 4.69) is 10.5 Å². The van der Waals surface area contributed by atoms with E-state index in [4.69, 9.17) is 9.26 Å². The molecule has 1 heterocycles. The number of nitrogens with one attached hydrogen (secondary N) is 1. The molecule has 3 aromatic rings. The molecular weight excluding hydrogens is 338 g/mol. The number of carbonyl (C=O) groups is 1. The molecule has 1 aromatic heterocycles. The third kappa shape index (κ3) is 3.34. The Labute approximate surface area is 148 Å². The molecule has 0 spiro atoms. The number of nitro benzene ring substituents is 1. The summed E-state index contributed by atoms with van der Waals surface area (Å²) < 4.78 is 10.3. The zero-order chi connectivity index (χ0) is 18.8. The van der Waals surface area contributed by atoms with Gasteiger partial charge in [0.1, 0.15) is 17.1 Å². The summed E-state index contributed by atoms with van der Waals surface area (Å²) in [6, 6.07) is 8.07. The standard InChI is InChI=1S/C18H17N3O5/c1-10-6-11(2)18-14(20-26-16(18)7-10)9-17(22)19-13-5-4-12(25-3)8-15(13)21(23)24/h4-8H,9H2,1-3H3,(H,19,22). The van der Waals surface area contributed by atoms with E-state index in [-0.39, 0.29) is 17.8 Å². The van der Waals surface area contributed by atoms with Crippen molar-refractivity contribution in [2.24, 2.45) is 0 Å². The Kier molecular flexibility index (Phi) is 4.57. The lowest BCUT2D eigenvalue weighted by Crippen LogP contribution is -2.16. The molecule has 0 unspecified atom stereocenters. The largest absolute Gasteiger partial charge is 0.496 e. The second kappa shape index (κ2) is 6.83. The predicted octanol–water partition coefficient (Wildman–Crippen LogP) is 3.54. The van der Waals surface area contributed by atoms with Crippen LogP contribution < -0.4 is 10.1 Å². The topological polar surface area (TPSA) is 108 Å². The number of carbonyl (C=O) groups excluding carboxylic acids is 1. The van der Waals surface area contributed by atoms with E-state index < -0.39 is 10.8 Å². The molecule has 0 radical (unpaired) electrons. The third-order valence-electron chi connectivity index (χ3n) is 3.99. The average Bonchev–Trinajstić information content (AvgIpc) is 2.97. The number of rotatable bonds is 5. The molecule has 0 saturated carbocycles. The van der Waals surface area contributed by atoms with Crippen LogP contribution in [-0.2, 0) is 11.2 Å². The summed E-state index contributed by atoms with van der Waals surface area (Å²) in [5.41, 5.74) is 2.96. The number of hydrogen-bond acceptors (Lipinski definition) is 6. The maximum Gasteiger partial charge on any atom is 0.296 e. The number of nitrogens with zero attached hydrogens (tertiary/aromatic N) is 2. The van der Waals surface area contributed by atoms with Gasteiger partial charge in [-0.25, -0.2) is 0 Å². The Morgan fingerprint density at radius 2 is 2.08 bits per heavy atom. The number of benzene rings is 2. The molecule has 0 aliphatic rings. The van der Waals surface area contributed by atoms with E-state index in [0.29, 0.717) is 17.0 Å². The molecule has 0 aliphatic heterocycles. The van der Waals surface area contributed by atoms with E-state index in [1.165, 1.54) is 19.2 Å². The van der Waals surface area contributed by atoms with E-state index in [1.807, 2.05) is 26.0 Å². The van der Waals surface area contributed by atoms with Crippen molar-refractivity contribution in [3.05, 3.63) is 57.3 Å². The van der Waals surface area contributed by atoms with Gasteiger partial charge in [0.25, 0.3) is 5.69 Å². The lowest BCUT2D eigenvalue weighted by molar-refractivity contribution is -0.384. The summed E-state index contributed by atoms with van der Waals surface area (Å²) in [6.07, 6.45) is -0.0555. The molecule has 26 heavy (non-hydrogen) atoms. The SMILES string of the molecule is COc1ccc(NC(=O)Cc2noc3cc(C)cc(C)c23)c([N+](=O)[O-])c1. The third-order valence-corrected chi connectivity index (χ3v) is 3.99. The molecule has 1 N–H and O–H groups in total. The molecule has 3 rings (SSSR count). The molecule has 0 aliphatic carbocycles. The lowest BCUT2D eigenvalue weighted by Gasteiger charge is -2.07. The Morgan fingerprint density at radius 3 is 2.77 bits per heavy atom. The number of fused-ring (bicyclic) bond motifs is 1. The average molecular weight is 355 g/mol. The summed E-state index contributed by atoms with van der Waals surface area (Å²) in [5, 5.41) is 18.5. The molecule has 8 heteroatoms. The van der Waals surface area contributed by atoms with Crippen molar-refractivity contribution in [2.75, 3.05) is 12.4 Å². The molecule has 134 valence electrons. The molecule has 0 bridgehead atoms. The zero-order valence-electron chi connectivity index (χ0n) is 14.5. The number of aromatic nitrogens is 1. The van der Waals surface area contributed by atoms with Gasteiger partial charge in [0.2, 0.25) is 5.91 Å². The van der Waals surface area contributed by atoms with Crippen LogP contribution in [0.1, 0.15) is 16.8 Å². The van der Waals surface area contributed by atoms with E-state index in [0.717, 1.165) is 16.5 Å². The van der Waals surface area contributed by atoms with Gasteiger partial charge in [-0.05, 0) is 43.2 Å². The van der Waals surface area contributed by atoms with Crippen LogP contribution in [0.5, 0.6) is 5.75 Å². The first-order valence-corrected chi connectivity index (χ1v) is 7.87. The smallest absolute Gasteiger partial charge is 0.296 e. The van der Waals surface area contributed by atoms with Crippen molar-refractivity contribution in [3.63, 3.8) is 0 Å². The van der Waals surface area contributed by atoms with Crippen molar-refractivity contribution in [1.29, 1.82) is 0 Å². The summed E-state index contributed by atoms with van der Waals surface area (Å²) >= 11 is 0. The Balaban J connectivity index is 1.85. The van der Waals surface area contributed by atoms with Crippen molar-refractivity contribution in [1.82, 2.24) is 5.16 Å². The lowest BCUT2D eigenvalue weighted by atomic mass is 10.0. The maximum atomic E-state index is 12.4. The second-order valence-electron chi connectivity index (χ2n) is 5.95. The minimum atomic E-state index is -0.573. The Morgan fingerprint density at radius 1 is 1.31 bits per heavy atom. The monoisotopic (exact) mass is 355 g/mol. The van der Waals surface area contributed by atoms with Crippen LogP contribution in [-0.4, -0.2) is 23.1 Å². The highest BCUT2D eigenvalue weighted by atomic mass is 16.6. The fourth-order valence-electron chi connectivity index (χ4n) is 2.88. The highest BCUT2D eigenvalue weighted by Gasteiger charge is 2.19. The molecule has 2 aromatic carbocycles. The molecule has 0 saturated heterocycles. The molecular formula is C18H17N3O5. The minimum absolute atomic E-state index is 0.0555. The van der Waals surface area contributed by atoms with Crippen molar-refractivity contribution >= 4 is 28.3 Å². The first-order valence-electron chi connectivity index (χ1n) is 7.87. The second-order valence-corrected chi connectivity index (χ2v) is 5.95. The van der Waals surface area contributed by atoms with E-state index in [1.54, 1.807) is 6.07 Å². The van der Waals surface area contributed by atoms with Gasteiger partial charge in [-0.3, -0.25) is 14.9 Å². The van der Waals surface area contributed by atoms with Crippen LogP contribution in [0.2, 0.25) is 0 Å². The summed E-state index contributed by atoms with van der Waals surface area (Å²) in [5.74, 6) is -0.0865. The number of nitro groups is 1. The van der Waals surface area contributed by atoms with Gasteiger partial charge < -0.3 is 14.6 Å². The van der Waals surface area contributed by atoms with Crippen molar-refractivity contribution in [3.8, 4) is 5.75 Å². The highest BCUT2D eigenvalue weighted by molar-refractivity contribution is 5.97. The summed E-state index contributed by atoms with van der Waals surface area (Å²) in [4.78, 5) is 23.0. The fraction of sp³-hybridized carbons (Fsp3) is 0.222. The Hall–Kier alpha value is -3.42. The number of aryl methyl sites for hydroxylation is 2. The van der Waals surface area contributed by atoms with Crippen molar-refractivity contribution < 1.29 is 19.0 Å². The van der Waals surface area contributed by atoms with Crippen molar-refractivity contribution in [2.45, 2.75) is 20.3 Å². The highest BCUT2D eigenvalue weighted by Crippen LogP contribution is 2.29. The first-order chi connectivity index (χ1) is 12.4. The van der Waals surface area contributed by atoms with Crippen LogP contribution in [0.4, 0.5) is 11.4 Å². The van der Waals surface area contributed by atoms with Gasteiger partial charge >= 0.3 is 0 Å². The van der Waals surface area contributed by atoms with Gasteiger partial charge in [0.15, 0.2) is 5.58 Å². The first kappa shape index (κ1) is 17.4. The number of ether oxygens (including phenoxy) is 1. The number of anilines is 1. The van der Waals surface area contributed by atoms with Gasteiger partial charge in [-0.15, -0.1) is 0 Å². The van der Waals surface area contributed by atoms with Crippen LogP contribution in [0.15, 0.2) is 34.9 Å². The fourth-order valence-corrected chi connectivity index (χ4v) is 2.88. The van der Waals surface area contributed by atoms with Crippen LogP contribution >= 0.6 is 0 Å². The number of amides is 1. The van der Waals surface area contributed by atoms with E-state index in [9.17, 15) is 14.9 Å². The zero-order valence-corrected chi connectivity index (χ0v) is 14.5. The molecule has 0 atom stereocenters. The van der Waals surface area contributed by atoms with E-state index >= 15 is 0 Å². The molecule has 1 amide bonds. The molecule has 8 nitrogen and oxygen atoms in total. The van der Waals surface area contributed by atoms with Gasteiger partial charge in [0.05, 0.1) is 24.5 Å². The van der Waals surface area contributed by atoms with Gasteiger partial charge in [-0.2, -0.15) is 0 Å². The maximum absolute atomic E-state index is 12.4. The summed E-state index contributed by atoms with van der Waals surface area (Å²) in [6.45, 7) is 3.87. The van der Waals surface area contributed by atoms with Crippen LogP contribution in [0, 0.1) is 24.0 Å². The predicted molar refractivity (Wildman–Crippen MR) is 95.5 cm³/mol. The van der Waals surface area contributed by atoms with Crippen LogP contribution in [0.25, 0.3) is 11.0 Å². The molecule has 0 fully saturated rings. The Bertz CT molecular complexity index is 1010. The number of methoxy groups -OCH3 is 1. The van der Waals surface area contributed by atoms with Gasteiger partial charge in [0, 0.05) is 5.39 Å². The summed E-state index contributed by atoms with van der Waals surface area (Å²) in [7, 11) is 1.41. The minimum Gasteiger partial charge on any atom is -0.496 e. The van der Waals surface area contributed by atoms with Crippen LogP contribution in [0.3, 0.4) is 0 Å². The number of hydrogen-bond donors (Lipinski definition) is 1. The van der Waals surface area contributed by atoms with Gasteiger partial charge in [-0.1, -0.05) is 11.2 Å². The quantitative estimate of drug-likeness (QED) is 0.554. The normalized spacial score (nSPS) is 10.7.